The quantitative estimate of drug-likeness (QED) is 0.467. The molecule has 174 valence electrons. The number of benzene rings is 1. The fraction of sp³-hybridized carbons (Fsp3) is 0.217. The van der Waals surface area contributed by atoms with Gasteiger partial charge in [-0.25, -0.2) is 4.98 Å². The normalized spacial score (nSPS) is 15.0. The van der Waals surface area contributed by atoms with Crippen LogP contribution in [-0.2, 0) is 16.1 Å². The number of aromatic amines is 1. The third-order valence-electron chi connectivity index (χ3n) is 5.01. The first-order valence-corrected chi connectivity index (χ1v) is 11.3. The first-order chi connectivity index (χ1) is 16.4. The molecule has 1 aliphatic rings. The van der Waals surface area contributed by atoms with Gasteiger partial charge in [0.1, 0.15) is 5.82 Å². The summed E-state index contributed by atoms with van der Waals surface area (Å²) >= 11 is 0.863. The third kappa shape index (κ3) is 5.56. The van der Waals surface area contributed by atoms with E-state index >= 15 is 0 Å². The summed E-state index contributed by atoms with van der Waals surface area (Å²) in [5.74, 6) is -0.211. The molecule has 10 nitrogen and oxygen atoms in total. The number of amides is 3. The second kappa shape index (κ2) is 10.4. The number of likely N-dealkylation sites (N-methyl/N-ethyl adjacent to an activating group) is 1. The summed E-state index contributed by atoms with van der Waals surface area (Å²) in [6, 6.07) is 10.6. The molecule has 0 bridgehead atoms. The monoisotopic (exact) mass is 478 g/mol. The van der Waals surface area contributed by atoms with E-state index in [-0.39, 0.29) is 42.9 Å². The number of thioether (sulfide) groups is 1. The van der Waals surface area contributed by atoms with Crippen LogP contribution in [0.25, 0.3) is 17.0 Å². The zero-order valence-corrected chi connectivity index (χ0v) is 19.2. The average Bonchev–Trinajstić information content (AvgIpc) is 3.07. The van der Waals surface area contributed by atoms with Crippen molar-refractivity contribution in [1.82, 2.24) is 30.1 Å². The van der Waals surface area contributed by atoms with Gasteiger partial charge in [0, 0.05) is 25.5 Å². The van der Waals surface area contributed by atoms with Crippen LogP contribution < -0.4 is 10.9 Å². The summed E-state index contributed by atoms with van der Waals surface area (Å²) in [6.07, 6.45) is 4.85. The van der Waals surface area contributed by atoms with Gasteiger partial charge in [0.2, 0.25) is 5.91 Å². The molecular formula is C23H22N6O4S. The number of fused-ring (bicyclic) bond motifs is 1. The largest absolute Gasteiger partial charge is 0.353 e. The molecule has 3 aromatic rings. The van der Waals surface area contributed by atoms with Crippen LogP contribution in [0.15, 0.2) is 58.5 Å². The number of nitrogens with zero attached hydrogens (tertiary/aromatic N) is 4. The second-order valence-electron chi connectivity index (χ2n) is 7.67. The number of nitrogens with one attached hydrogen (secondary N) is 2. The van der Waals surface area contributed by atoms with Gasteiger partial charge in [-0.1, -0.05) is 18.2 Å². The van der Waals surface area contributed by atoms with E-state index in [4.69, 9.17) is 0 Å². The van der Waals surface area contributed by atoms with E-state index in [9.17, 15) is 19.2 Å². The Hall–Kier alpha value is -3.83. The average molecular weight is 479 g/mol. The Balaban J connectivity index is 1.26. The molecule has 0 aliphatic carbocycles. The molecule has 34 heavy (non-hydrogen) atoms. The van der Waals surface area contributed by atoms with E-state index in [1.54, 1.807) is 60.7 Å². The van der Waals surface area contributed by atoms with Gasteiger partial charge in [-0.15, -0.1) is 0 Å². The van der Waals surface area contributed by atoms with Gasteiger partial charge in [0.05, 0.1) is 28.9 Å². The highest BCUT2D eigenvalue weighted by molar-refractivity contribution is 8.18. The Bertz CT molecular complexity index is 1320. The number of carbonyl (C=O) groups excluding carboxylic acids is 3. The molecule has 0 spiro atoms. The summed E-state index contributed by atoms with van der Waals surface area (Å²) in [7, 11) is 1.73. The van der Waals surface area contributed by atoms with Crippen molar-refractivity contribution in [3.63, 3.8) is 0 Å². The highest BCUT2D eigenvalue weighted by atomic mass is 32.2. The second-order valence-corrected chi connectivity index (χ2v) is 8.66. The lowest BCUT2D eigenvalue weighted by atomic mass is 10.2. The molecule has 1 fully saturated rings. The fourth-order valence-corrected chi connectivity index (χ4v) is 4.30. The lowest BCUT2D eigenvalue weighted by molar-refractivity contribution is -0.124. The number of carbonyl (C=O) groups is 3. The molecule has 0 saturated carbocycles. The van der Waals surface area contributed by atoms with E-state index < -0.39 is 5.91 Å². The molecule has 3 heterocycles. The predicted octanol–water partition coefficient (Wildman–Crippen LogP) is 1.60. The summed E-state index contributed by atoms with van der Waals surface area (Å²) < 4.78 is 0. The maximum absolute atomic E-state index is 12.5. The number of hydrogen-bond donors (Lipinski definition) is 2. The van der Waals surface area contributed by atoms with Crippen LogP contribution in [0.1, 0.15) is 11.4 Å². The minimum atomic E-state index is -0.392. The van der Waals surface area contributed by atoms with Crippen LogP contribution in [0.3, 0.4) is 0 Å². The number of hydrogen-bond acceptors (Lipinski definition) is 8. The first kappa shape index (κ1) is 23.3. The topological polar surface area (TPSA) is 128 Å². The van der Waals surface area contributed by atoms with Crippen molar-refractivity contribution in [1.29, 1.82) is 0 Å². The fourth-order valence-electron chi connectivity index (χ4n) is 3.44. The summed E-state index contributed by atoms with van der Waals surface area (Å²) in [5, 5.41) is 2.85. The smallest absolute Gasteiger partial charge is 0.293 e. The van der Waals surface area contributed by atoms with Gasteiger partial charge in [0.25, 0.3) is 16.7 Å². The van der Waals surface area contributed by atoms with Crippen LogP contribution in [0.4, 0.5) is 4.79 Å². The summed E-state index contributed by atoms with van der Waals surface area (Å²) in [6.45, 7) is 0.537. The molecule has 1 aliphatic heterocycles. The van der Waals surface area contributed by atoms with Gasteiger partial charge in [-0.2, -0.15) is 0 Å². The van der Waals surface area contributed by atoms with E-state index in [0.717, 1.165) is 22.2 Å². The van der Waals surface area contributed by atoms with Gasteiger partial charge >= 0.3 is 0 Å². The molecule has 4 rings (SSSR count). The highest BCUT2D eigenvalue weighted by Gasteiger charge is 2.34. The van der Waals surface area contributed by atoms with Crippen molar-refractivity contribution in [2.75, 3.05) is 26.7 Å². The Labute approximate surface area is 199 Å². The number of aromatic nitrogens is 3. The Kier molecular flexibility index (Phi) is 7.14. The molecule has 0 unspecified atom stereocenters. The molecule has 1 saturated heterocycles. The third-order valence-corrected chi connectivity index (χ3v) is 5.92. The van der Waals surface area contributed by atoms with Crippen molar-refractivity contribution >= 4 is 45.8 Å². The maximum Gasteiger partial charge on any atom is 0.293 e. The van der Waals surface area contributed by atoms with Crippen molar-refractivity contribution < 1.29 is 14.4 Å². The molecule has 2 N–H and O–H groups in total. The number of rotatable bonds is 8. The van der Waals surface area contributed by atoms with Gasteiger partial charge in [-0.05, 0) is 48.6 Å². The van der Waals surface area contributed by atoms with Crippen molar-refractivity contribution in [2.45, 2.75) is 6.54 Å². The standard InChI is InChI=1S/C23H22N6O4S/c1-28(13-19-26-17-7-3-2-6-16(17)21(31)27-19)14-20(30)25-9-10-29-22(32)18(34-23(29)33)11-15-5-4-8-24-12-15/h2-8,11-12H,9-10,13-14H2,1H3,(H,25,30)(H,26,27,31). The van der Waals surface area contributed by atoms with Crippen LogP contribution in [0.5, 0.6) is 0 Å². The van der Waals surface area contributed by atoms with Crippen molar-refractivity contribution in [3.8, 4) is 0 Å². The molecule has 0 radical (unpaired) electrons. The Morgan fingerprint density at radius 1 is 1.21 bits per heavy atom. The minimum absolute atomic E-state index is 0.0549. The van der Waals surface area contributed by atoms with Crippen molar-refractivity contribution in [2.24, 2.45) is 0 Å². The van der Waals surface area contributed by atoms with Crippen LogP contribution >= 0.6 is 11.8 Å². The van der Waals surface area contributed by atoms with Crippen LogP contribution in [-0.4, -0.2) is 68.5 Å². The lowest BCUT2D eigenvalue weighted by Gasteiger charge is -2.17. The van der Waals surface area contributed by atoms with E-state index in [0.29, 0.717) is 21.6 Å². The molecule has 3 amide bonds. The van der Waals surface area contributed by atoms with Gasteiger partial charge < -0.3 is 10.3 Å². The van der Waals surface area contributed by atoms with E-state index in [2.05, 4.69) is 20.3 Å². The van der Waals surface area contributed by atoms with E-state index in [1.165, 1.54) is 0 Å². The molecule has 0 atom stereocenters. The minimum Gasteiger partial charge on any atom is -0.353 e. The number of imide groups is 1. The lowest BCUT2D eigenvalue weighted by Crippen LogP contribution is -2.40. The SMILES string of the molecule is CN(CC(=O)NCCN1C(=O)SC(=Cc2cccnc2)C1=O)Cc1nc2ccccc2c(=O)[nH]1. The molecular weight excluding hydrogens is 456 g/mol. The number of para-hydroxylation sites is 1. The number of H-pyrrole nitrogens is 1. The Morgan fingerprint density at radius 2 is 2.03 bits per heavy atom. The highest BCUT2D eigenvalue weighted by Crippen LogP contribution is 2.31. The zero-order valence-electron chi connectivity index (χ0n) is 18.4. The van der Waals surface area contributed by atoms with Crippen molar-refractivity contribution in [3.05, 3.63) is 75.4 Å². The molecule has 1 aromatic carbocycles. The predicted molar refractivity (Wildman–Crippen MR) is 129 cm³/mol. The number of pyridine rings is 1. The summed E-state index contributed by atoms with van der Waals surface area (Å²) in [5.41, 5.74) is 1.09. The van der Waals surface area contributed by atoms with E-state index in [1.807, 2.05) is 6.07 Å². The zero-order chi connectivity index (χ0) is 24.1. The van der Waals surface area contributed by atoms with Crippen LogP contribution in [0, 0.1) is 0 Å². The van der Waals surface area contributed by atoms with Gasteiger partial charge in [-0.3, -0.25) is 34.0 Å². The molecule has 2 aromatic heterocycles. The first-order valence-electron chi connectivity index (χ1n) is 10.5. The summed E-state index contributed by atoms with van der Waals surface area (Å²) in [4.78, 5) is 63.5. The van der Waals surface area contributed by atoms with Crippen LogP contribution in [0.2, 0.25) is 0 Å². The maximum atomic E-state index is 12.5. The molecule has 11 heteroatoms. The Morgan fingerprint density at radius 3 is 2.82 bits per heavy atom. The van der Waals surface area contributed by atoms with Gasteiger partial charge in [0.15, 0.2) is 0 Å².